The van der Waals surface area contributed by atoms with Crippen molar-refractivity contribution in [2.24, 2.45) is 0 Å². The lowest BCUT2D eigenvalue weighted by atomic mass is 9.95. The summed E-state index contributed by atoms with van der Waals surface area (Å²) >= 11 is 0. The minimum Gasteiger partial charge on any atom is -0.370 e. The Hall–Kier alpha value is -0.683. The zero-order chi connectivity index (χ0) is 16.2. The van der Waals surface area contributed by atoms with Crippen LogP contribution in [0.2, 0.25) is 0 Å². The Balaban J connectivity index is 3.64. The van der Waals surface area contributed by atoms with Crippen molar-refractivity contribution in [2.75, 3.05) is 19.8 Å². The van der Waals surface area contributed by atoms with E-state index in [0.717, 1.165) is 5.19 Å². The Labute approximate surface area is 131 Å². The van der Waals surface area contributed by atoms with Gasteiger partial charge in [-0.2, -0.15) is 0 Å². The molecule has 0 N–H and O–H groups in total. The van der Waals surface area contributed by atoms with E-state index in [1.165, 1.54) is 27.8 Å². The van der Waals surface area contributed by atoms with E-state index in [0.29, 0.717) is 19.8 Å². The quantitative estimate of drug-likeness (QED) is 0.722. The van der Waals surface area contributed by atoms with Crippen LogP contribution in [0.4, 0.5) is 0 Å². The van der Waals surface area contributed by atoms with Crippen LogP contribution in [0.15, 0.2) is 0 Å². The number of hydrogen-bond donors (Lipinski definition) is 0. The lowest BCUT2D eigenvalue weighted by molar-refractivity contribution is 0.0856. The Morgan fingerprint density at radius 3 is 1.14 bits per heavy atom. The highest BCUT2D eigenvalue weighted by atomic mass is 28.4. The Morgan fingerprint density at radius 1 is 0.571 bits per heavy atom. The summed E-state index contributed by atoms with van der Waals surface area (Å²) < 4.78 is 18.3. The molecule has 1 rings (SSSR count). The molecule has 0 atom stereocenters. The summed E-state index contributed by atoms with van der Waals surface area (Å²) in [6.45, 7) is 18.6. The Kier molecular flexibility index (Phi) is 6.59. The molecule has 4 heteroatoms. The Bertz CT molecular complexity index is 451. The first-order valence-corrected chi connectivity index (χ1v) is 9.57. The van der Waals surface area contributed by atoms with Gasteiger partial charge in [0.05, 0.1) is 0 Å². The number of hydrogen-bond acceptors (Lipinski definition) is 3. The molecule has 0 aliphatic carbocycles. The second kappa shape index (κ2) is 7.54. The first-order valence-electron chi connectivity index (χ1n) is 7.85. The molecule has 0 aromatic heterocycles. The van der Waals surface area contributed by atoms with Gasteiger partial charge < -0.3 is 13.3 Å². The highest BCUT2D eigenvalue weighted by Gasteiger charge is 2.46. The van der Waals surface area contributed by atoms with Crippen LogP contribution in [0, 0.1) is 34.6 Å². The number of rotatable bonds is 7. The molecule has 0 amide bonds. The summed E-state index contributed by atoms with van der Waals surface area (Å²) in [4.78, 5) is 0. The zero-order valence-electron chi connectivity index (χ0n) is 14.8. The van der Waals surface area contributed by atoms with E-state index in [1.807, 2.05) is 20.8 Å². The van der Waals surface area contributed by atoms with Gasteiger partial charge in [-0.3, -0.25) is 0 Å². The van der Waals surface area contributed by atoms with Crippen LogP contribution in [0.3, 0.4) is 0 Å². The molecule has 0 aliphatic heterocycles. The lowest BCUT2D eigenvalue weighted by Crippen LogP contribution is -2.59. The van der Waals surface area contributed by atoms with Crippen molar-refractivity contribution in [1.29, 1.82) is 0 Å². The second-order valence-electron chi connectivity index (χ2n) is 5.36. The van der Waals surface area contributed by atoms with Crippen molar-refractivity contribution < 1.29 is 13.3 Å². The summed E-state index contributed by atoms with van der Waals surface area (Å²) in [6, 6.07) is 0. The van der Waals surface area contributed by atoms with Crippen molar-refractivity contribution in [3.05, 3.63) is 27.8 Å². The molecular weight excluding hydrogens is 280 g/mol. The van der Waals surface area contributed by atoms with Gasteiger partial charge in [-0.1, -0.05) is 0 Å². The molecule has 0 spiro atoms. The largest absolute Gasteiger partial charge is 0.537 e. The maximum Gasteiger partial charge on any atom is 0.537 e. The van der Waals surface area contributed by atoms with Crippen molar-refractivity contribution >= 4 is 14.0 Å². The fourth-order valence-electron chi connectivity index (χ4n) is 2.87. The third-order valence-electron chi connectivity index (χ3n) is 4.31. The van der Waals surface area contributed by atoms with Gasteiger partial charge in [-0.05, 0) is 83.2 Å². The van der Waals surface area contributed by atoms with E-state index >= 15 is 0 Å². The van der Waals surface area contributed by atoms with Crippen LogP contribution in [-0.4, -0.2) is 28.6 Å². The summed E-state index contributed by atoms with van der Waals surface area (Å²) in [6.07, 6.45) is 0. The summed E-state index contributed by atoms with van der Waals surface area (Å²) in [5.74, 6) is 0. The van der Waals surface area contributed by atoms with Gasteiger partial charge in [0.25, 0.3) is 0 Å². The van der Waals surface area contributed by atoms with Gasteiger partial charge in [0.1, 0.15) is 0 Å². The molecule has 21 heavy (non-hydrogen) atoms. The topological polar surface area (TPSA) is 27.7 Å². The van der Waals surface area contributed by atoms with E-state index in [4.69, 9.17) is 13.3 Å². The van der Waals surface area contributed by atoms with Gasteiger partial charge in [0.15, 0.2) is 0 Å². The third kappa shape index (κ3) is 3.39. The first kappa shape index (κ1) is 18.4. The first-order chi connectivity index (χ1) is 9.86. The van der Waals surface area contributed by atoms with E-state index in [9.17, 15) is 0 Å². The average Bonchev–Trinajstić information content (AvgIpc) is 2.44. The second-order valence-corrected chi connectivity index (χ2v) is 7.83. The van der Waals surface area contributed by atoms with Crippen molar-refractivity contribution in [2.45, 2.75) is 55.4 Å². The van der Waals surface area contributed by atoms with Crippen LogP contribution < -0.4 is 5.19 Å². The zero-order valence-corrected chi connectivity index (χ0v) is 15.8. The minimum atomic E-state index is -2.85. The highest BCUT2D eigenvalue weighted by molar-refractivity contribution is 6.76. The van der Waals surface area contributed by atoms with Crippen LogP contribution in [0.25, 0.3) is 0 Å². The lowest BCUT2D eigenvalue weighted by Gasteiger charge is -2.32. The minimum absolute atomic E-state index is 0.594. The number of benzene rings is 1. The van der Waals surface area contributed by atoms with Gasteiger partial charge in [0.2, 0.25) is 0 Å². The van der Waals surface area contributed by atoms with Crippen LogP contribution in [0.1, 0.15) is 48.6 Å². The van der Waals surface area contributed by atoms with E-state index in [-0.39, 0.29) is 0 Å². The molecule has 1 aromatic carbocycles. The fraction of sp³-hybridized carbons (Fsp3) is 0.647. The molecule has 120 valence electrons. The summed E-state index contributed by atoms with van der Waals surface area (Å²) in [7, 11) is -2.85. The molecule has 3 nitrogen and oxygen atoms in total. The third-order valence-corrected chi connectivity index (χ3v) is 7.68. The SMILES string of the molecule is CCO[Si](OCC)(OCC)c1c(C)c(C)c(C)c(C)c1C. The molecule has 0 fully saturated rings. The van der Waals surface area contributed by atoms with E-state index in [1.54, 1.807) is 0 Å². The van der Waals surface area contributed by atoms with Gasteiger partial charge >= 0.3 is 8.80 Å². The van der Waals surface area contributed by atoms with Gasteiger partial charge in [-0.25, -0.2) is 0 Å². The molecular formula is C17H30O3Si. The highest BCUT2D eigenvalue weighted by Crippen LogP contribution is 2.24. The molecule has 0 saturated heterocycles. The van der Waals surface area contributed by atoms with Crippen LogP contribution in [0.5, 0.6) is 0 Å². The van der Waals surface area contributed by atoms with Crippen LogP contribution in [-0.2, 0) is 13.3 Å². The van der Waals surface area contributed by atoms with Crippen molar-refractivity contribution in [3.63, 3.8) is 0 Å². The van der Waals surface area contributed by atoms with Gasteiger partial charge in [-0.15, -0.1) is 0 Å². The molecule has 0 unspecified atom stereocenters. The predicted octanol–water partition coefficient (Wildman–Crippen LogP) is 3.48. The fourth-order valence-corrected chi connectivity index (χ4v) is 5.99. The van der Waals surface area contributed by atoms with Crippen molar-refractivity contribution in [1.82, 2.24) is 0 Å². The summed E-state index contributed by atoms with van der Waals surface area (Å²) in [5.41, 5.74) is 6.46. The predicted molar refractivity (Wildman–Crippen MR) is 90.4 cm³/mol. The molecule has 0 bridgehead atoms. The average molecular weight is 311 g/mol. The van der Waals surface area contributed by atoms with Crippen LogP contribution >= 0.6 is 0 Å². The molecule has 1 aromatic rings. The maximum absolute atomic E-state index is 6.10. The molecule has 0 aliphatic rings. The molecule has 0 heterocycles. The smallest absolute Gasteiger partial charge is 0.370 e. The summed E-state index contributed by atoms with van der Waals surface area (Å²) in [5, 5.41) is 1.16. The molecule has 0 saturated carbocycles. The monoisotopic (exact) mass is 310 g/mol. The Morgan fingerprint density at radius 2 is 0.857 bits per heavy atom. The normalized spacial score (nSPS) is 12.0. The standard InChI is InChI=1S/C17H30O3Si/c1-9-18-21(19-10-2,20-11-3)17-15(7)13(5)12(4)14(6)16(17)8/h9-11H2,1-8H3. The van der Waals surface area contributed by atoms with Crippen molar-refractivity contribution in [3.8, 4) is 0 Å². The van der Waals surface area contributed by atoms with E-state index < -0.39 is 8.80 Å². The van der Waals surface area contributed by atoms with Gasteiger partial charge in [0, 0.05) is 25.0 Å². The maximum atomic E-state index is 6.10. The van der Waals surface area contributed by atoms with E-state index in [2.05, 4.69) is 34.6 Å². The molecule has 0 radical (unpaired) electrons.